The highest BCUT2D eigenvalue weighted by Gasteiger charge is 2.33. The van der Waals surface area contributed by atoms with Crippen LogP contribution in [-0.4, -0.2) is 38.7 Å². The number of hydrogen-bond acceptors (Lipinski definition) is 4. The molecule has 1 N–H and O–H groups in total. The molecule has 1 aromatic heterocycles. The van der Waals surface area contributed by atoms with Crippen LogP contribution in [0.15, 0.2) is 6.33 Å². The Morgan fingerprint density at radius 3 is 2.87 bits per heavy atom. The lowest BCUT2D eigenvalue weighted by atomic mass is 9.91. The average molecular weight is 320 g/mol. The van der Waals surface area contributed by atoms with E-state index in [1.807, 2.05) is 32.0 Å². The number of rotatable bonds is 3. The van der Waals surface area contributed by atoms with Gasteiger partial charge in [-0.1, -0.05) is 0 Å². The van der Waals surface area contributed by atoms with E-state index in [4.69, 9.17) is 4.74 Å². The molecule has 1 aromatic rings. The predicted molar refractivity (Wildman–Crippen MR) is 88.0 cm³/mol. The topological polar surface area (TPSA) is 59.4 Å². The van der Waals surface area contributed by atoms with Gasteiger partial charge in [-0.05, 0) is 53.0 Å². The first kappa shape index (κ1) is 16.3. The molecule has 1 fully saturated rings. The van der Waals surface area contributed by atoms with E-state index in [1.54, 1.807) is 0 Å². The summed E-state index contributed by atoms with van der Waals surface area (Å²) in [6, 6.07) is 0.293. The number of ether oxygens (including phenoxy) is 1. The summed E-state index contributed by atoms with van der Waals surface area (Å²) in [5, 5.41) is 3.43. The maximum Gasteiger partial charge on any atom is 0.410 e. The zero-order valence-corrected chi connectivity index (χ0v) is 14.5. The lowest BCUT2D eigenvalue weighted by Crippen LogP contribution is -2.46. The SMILES string of the molecule is CC(C)(C)OC(=O)N(Cc1ncn2c1CNCCC2)C1CCC1. The molecule has 1 amide bonds. The monoisotopic (exact) mass is 320 g/mol. The van der Waals surface area contributed by atoms with Crippen molar-refractivity contribution in [2.45, 2.75) is 77.7 Å². The van der Waals surface area contributed by atoms with Crippen LogP contribution in [0, 0.1) is 0 Å². The van der Waals surface area contributed by atoms with Crippen molar-refractivity contribution in [1.82, 2.24) is 19.8 Å². The number of nitrogens with zero attached hydrogens (tertiary/aromatic N) is 3. The van der Waals surface area contributed by atoms with Crippen LogP contribution in [0.4, 0.5) is 4.79 Å². The van der Waals surface area contributed by atoms with Gasteiger partial charge >= 0.3 is 6.09 Å². The molecule has 1 aliphatic heterocycles. The number of amides is 1. The van der Waals surface area contributed by atoms with Crippen LogP contribution in [0.2, 0.25) is 0 Å². The molecule has 1 aliphatic carbocycles. The Hall–Kier alpha value is -1.56. The molecule has 0 aromatic carbocycles. The lowest BCUT2D eigenvalue weighted by Gasteiger charge is -2.38. The normalized spacial score (nSPS) is 18.7. The summed E-state index contributed by atoms with van der Waals surface area (Å²) >= 11 is 0. The second-order valence-electron chi connectivity index (χ2n) is 7.55. The van der Waals surface area contributed by atoms with E-state index >= 15 is 0 Å². The van der Waals surface area contributed by atoms with Gasteiger partial charge in [0.1, 0.15) is 5.60 Å². The maximum absolute atomic E-state index is 12.6. The predicted octanol–water partition coefficient (Wildman–Crippen LogP) is 2.67. The van der Waals surface area contributed by atoms with E-state index in [0.29, 0.717) is 12.6 Å². The van der Waals surface area contributed by atoms with E-state index < -0.39 is 5.60 Å². The van der Waals surface area contributed by atoms with Crippen LogP contribution in [0.5, 0.6) is 0 Å². The van der Waals surface area contributed by atoms with Gasteiger partial charge in [0.05, 0.1) is 24.3 Å². The number of hydrogen-bond donors (Lipinski definition) is 1. The number of carbonyl (C=O) groups is 1. The minimum absolute atomic E-state index is 0.217. The van der Waals surface area contributed by atoms with Gasteiger partial charge in [0, 0.05) is 19.1 Å². The van der Waals surface area contributed by atoms with E-state index in [0.717, 1.165) is 44.6 Å². The second kappa shape index (κ2) is 6.51. The molecule has 0 saturated heterocycles. The van der Waals surface area contributed by atoms with E-state index in [1.165, 1.54) is 12.1 Å². The zero-order chi connectivity index (χ0) is 16.4. The number of carbonyl (C=O) groups excluding carboxylic acids is 1. The first-order chi connectivity index (χ1) is 10.9. The number of imidazole rings is 1. The molecule has 0 atom stereocenters. The van der Waals surface area contributed by atoms with Crippen LogP contribution in [0.1, 0.15) is 57.8 Å². The highest BCUT2D eigenvalue weighted by Crippen LogP contribution is 2.28. The zero-order valence-electron chi connectivity index (χ0n) is 14.5. The van der Waals surface area contributed by atoms with Crippen LogP contribution in [0.25, 0.3) is 0 Å². The van der Waals surface area contributed by atoms with E-state index in [2.05, 4.69) is 14.9 Å². The summed E-state index contributed by atoms with van der Waals surface area (Å²) in [5.41, 5.74) is 1.73. The Morgan fingerprint density at radius 1 is 1.43 bits per heavy atom. The van der Waals surface area contributed by atoms with Crippen molar-refractivity contribution in [1.29, 1.82) is 0 Å². The van der Waals surface area contributed by atoms with Crippen LogP contribution >= 0.6 is 0 Å². The third-order valence-corrected chi connectivity index (χ3v) is 4.54. The Balaban J connectivity index is 1.76. The molecule has 0 spiro atoms. The largest absolute Gasteiger partial charge is 0.444 e. The van der Waals surface area contributed by atoms with Crippen molar-refractivity contribution in [3.8, 4) is 0 Å². The molecular formula is C17H28N4O2. The van der Waals surface area contributed by atoms with Crippen molar-refractivity contribution in [3.63, 3.8) is 0 Å². The van der Waals surface area contributed by atoms with Crippen molar-refractivity contribution >= 4 is 6.09 Å². The molecule has 6 nitrogen and oxygen atoms in total. The van der Waals surface area contributed by atoms with Gasteiger partial charge in [-0.15, -0.1) is 0 Å². The fourth-order valence-electron chi connectivity index (χ4n) is 3.08. The first-order valence-corrected chi connectivity index (χ1v) is 8.67. The number of nitrogens with one attached hydrogen (secondary N) is 1. The summed E-state index contributed by atoms with van der Waals surface area (Å²) in [5.74, 6) is 0. The van der Waals surface area contributed by atoms with Crippen molar-refractivity contribution < 1.29 is 9.53 Å². The molecule has 6 heteroatoms. The third kappa shape index (κ3) is 3.86. The van der Waals surface area contributed by atoms with Crippen LogP contribution in [-0.2, 0) is 24.4 Å². The van der Waals surface area contributed by atoms with Crippen LogP contribution < -0.4 is 5.32 Å². The van der Waals surface area contributed by atoms with Gasteiger partial charge in [-0.2, -0.15) is 0 Å². The molecule has 2 aliphatic rings. The van der Waals surface area contributed by atoms with Crippen molar-refractivity contribution in [3.05, 3.63) is 17.7 Å². The Kier molecular flexibility index (Phi) is 4.62. The molecule has 0 bridgehead atoms. The Bertz CT molecular complexity index is 557. The third-order valence-electron chi connectivity index (χ3n) is 4.54. The van der Waals surface area contributed by atoms with Gasteiger partial charge in [-0.25, -0.2) is 9.78 Å². The molecule has 3 rings (SSSR count). The smallest absolute Gasteiger partial charge is 0.410 e. The van der Waals surface area contributed by atoms with Crippen LogP contribution in [0.3, 0.4) is 0 Å². The molecule has 23 heavy (non-hydrogen) atoms. The van der Waals surface area contributed by atoms with Gasteiger partial charge in [-0.3, -0.25) is 4.90 Å². The standard InChI is InChI=1S/C17H28N4O2/c1-17(2,3)23-16(22)21(13-6-4-7-13)11-14-15-10-18-8-5-9-20(15)12-19-14/h12-13,18H,4-11H2,1-3H3. The second-order valence-corrected chi connectivity index (χ2v) is 7.55. The van der Waals surface area contributed by atoms with Gasteiger partial charge in [0.2, 0.25) is 0 Å². The molecule has 128 valence electrons. The van der Waals surface area contributed by atoms with Gasteiger partial charge in [0.15, 0.2) is 0 Å². The minimum atomic E-state index is -0.467. The first-order valence-electron chi connectivity index (χ1n) is 8.67. The fraction of sp³-hybridized carbons (Fsp3) is 0.765. The molecule has 1 saturated carbocycles. The summed E-state index contributed by atoms with van der Waals surface area (Å²) in [6.45, 7) is 9.12. The minimum Gasteiger partial charge on any atom is -0.444 e. The number of fused-ring (bicyclic) bond motifs is 1. The van der Waals surface area contributed by atoms with E-state index in [9.17, 15) is 4.79 Å². The van der Waals surface area contributed by atoms with Gasteiger partial charge < -0.3 is 14.6 Å². The highest BCUT2D eigenvalue weighted by molar-refractivity contribution is 5.68. The molecular weight excluding hydrogens is 292 g/mol. The summed E-state index contributed by atoms with van der Waals surface area (Å²) < 4.78 is 7.82. The highest BCUT2D eigenvalue weighted by atomic mass is 16.6. The van der Waals surface area contributed by atoms with E-state index in [-0.39, 0.29) is 6.09 Å². The fourth-order valence-corrected chi connectivity index (χ4v) is 3.08. The summed E-state index contributed by atoms with van der Waals surface area (Å²) in [7, 11) is 0. The molecule has 0 radical (unpaired) electrons. The van der Waals surface area contributed by atoms with Crippen molar-refractivity contribution in [2.75, 3.05) is 6.54 Å². The lowest BCUT2D eigenvalue weighted by molar-refractivity contribution is 0.00423. The number of aromatic nitrogens is 2. The Labute approximate surface area is 138 Å². The Morgan fingerprint density at radius 2 is 2.22 bits per heavy atom. The molecule has 0 unspecified atom stereocenters. The van der Waals surface area contributed by atoms with Gasteiger partial charge in [0.25, 0.3) is 0 Å². The van der Waals surface area contributed by atoms with Crippen molar-refractivity contribution in [2.24, 2.45) is 0 Å². The quantitative estimate of drug-likeness (QED) is 0.930. The average Bonchev–Trinajstić information content (AvgIpc) is 2.63. The maximum atomic E-state index is 12.6. The number of aryl methyl sites for hydroxylation is 1. The summed E-state index contributed by atoms with van der Waals surface area (Å²) in [6.07, 6.45) is 6.12. The summed E-state index contributed by atoms with van der Waals surface area (Å²) in [4.78, 5) is 19.1. The molecule has 2 heterocycles.